The summed E-state index contributed by atoms with van der Waals surface area (Å²) >= 11 is 5.79. The van der Waals surface area contributed by atoms with Crippen LogP contribution in [0.2, 0.25) is 5.15 Å². The zero-order chi connectivity index (χ0) is 15.9. The molecule has 0 radical (unpaired) electrons. The maximum absolute atomic E-state index is 11.4. The Hall–Kier alpha value is -1.82. The minimum absolute atomic E-state index is 0.133. The lowest BCUT2D eigenvalue weighted by atomic mass is 10.3. The standard InChI is InChI=1S/C15H22ClN5O/c1-3-17-15(19-11-13-4-5-14(16)18-10-13)21-8-6-20(7-9-21)12(2)22/h4-5,10H,3,6-9,11H2,1-2H3,(H,17,19). The number of aliphatic imine (C=N–C) groups is 1. The minimum atomic E-state index is 0.133. The highest BCUT2D eigenvalue weighted by Gasteiger charge is 2.20. The molecule has 1 amide bonds. The van der Waals surface area contributed by atoms with Gasteiger partial charge in [-0.15, -0.1) is 0 Å². The van der Waals surface area contributed by atoms with Crippen LogP contribution in [0.4, 0.5) is 0 Å². The van der Waals surface area contributed by atoms with Gasteiger partial charge in [0.25, 0.3) is 0 Å². The normalized spacial score (nSPS) is 15.9. The van der Waals surface area contributed by atoms with Crippen molar-refractivity contribution in [1.29, 1.82) is 0 Å². The number of nitrogens with one attached hydrogen (secondary N) is 1. The van der Waals surface area contributed by atoms with E-state index in [0.29, 0.717) is 11.7 Å². The molecule has 0 aromatic carbocycles. The van der Waals surface area contributed by atoms with Crippen LogP contribution in [0.1, 0.15) is 19.4 Å². The van der Waals surface area contributed by atoms with E-state index in [1.165, 1.54) is 0 Å². The van der Waals surface area contributed by atoms with E-state index in [2.05, 4.69) is 20.2 Å². The Balaban J connectivity index is 1.98. The molecule has 1 aliphatic heterocycles. The molecule has 22 heavy (non-hydrogen) atoms. The zero-order valence-corrected chi connectivity index (χ0v) is 13.8. The van der Waals surface area contributed by atoms with Crippen molar-refractivity contribution >= 4 is 23.5 Å². The second-order valence-electron chi connectivity index (χ2n) is 5.15. The fraction of sp³-hybridized carbons (Fsp3) is 0.533. The number of aromatic nitrogens is 1. The highest BCUT2D eigenvalue weighted by atomic mass is 35.5. The van der Waals surface area contributed by atoms with E-state index in [1.807, 2.05) is 17.9 Å². The van der Waals surface area contributed by atoms with Crippen molar-refractivity contribution in [3.8, 4) is 0 Å². The molecule has 0 aliphatic carbocycles. The van der Waals surface area contributed by atoms with E-state index in [-0.39, 0.29) is 5.91 Å². The molecule has 1 aromatic rings. The minimum Gasteiger partial charge on any atom is -0.357 e. The fourth-order valence-electron chi connectivity index (χ4n) is 2.33. The number of hydrogen-bond donors (Lipinski definition) is 1. The fourth-order valence-corrected chi connectivity index (χ4v) is 2.44. The number of carbonyl (C=O) groups excluding carboxylic acids is 1. The third-order valence-electron chi connectivity index (χ3n) is 3.56. The molecule has 2 rings (SSSR count). The van der Waals surface area contributed by atoms with E-state index < -0.39 is 0 Å². The number of nitrogens with zero attached hydrogens (tertiary/aromatic N) is 4. The Morgan fingerprint density at radius 2 is 2.00 bits per heavy atom. The maximum Gasteiger partial charge on any atom is 0.219 e. The van der Waals surface area contributed by atoms with Crippen LogP contribution in [0, 0.1) is 0 Å². The third-order valence-corrected chi connectivity index (χ3v) is 3.78. The van der Waals surface area contributed by atoms with E-state index >= 15 is 0 Å². The summed E-state index contributed by atoms with van der Waals surface area (Å²) in [5, 5.41) is 3.79. The van der Waals surface area contributed by atoms with Crippen molar-refractivity contribution in [2.24, 2.45) is 4.99 Å². The number of rotatable bonds is 3. The van der Waals surface area contributed by atoms with Crippen LogP contribution in [-0.2, 0) is 11.3 Å². The Morgan fingerprint density at radius 1 is 1.32 bits per heavy atom. The van der Waals surface area contributed by atoms with Crippen molar-refractivity contribution in [3.05, 3.63) is 29.0 Å². The molecule has 0 bridgehead atoms. The van der Waals surface area contributed by atoms with Gasteiger partial charge in [-0.3, -0.25) is 4.79 Å². The van der Waals surface area contributed by atoms with Gasteiger partial charge in [0, 0.05) is 45.8 Å². The van der Waals surface area contributed by atoms with Gasteiger partial charge in [-0.2, -0.15) is 0 Å². The van der Waals surface area contributed by atoms with Crippen LogP contribution in [0.25, 0.3) is 0 Å². The number of piperazine rings is 1. The Kier molecular flexibility index (Phi) is 6.00. The number of pyridine rings is 1. The predicted octanol–water partition coefficient (Wildman–Crippen LogP) is 1.36. The maximum atomic E-state index is 11.4. The molecule has 1 N–H and O–H groups in total. The van der Waals surface area contributed by atoms with Gasteiger partial charge in [0.15, 0.2) is 5.96 Å². The number of guanidine groups is 1. The average Bonchev–Trinajstić information content (AvgIpc) is 2.53. The van der Waals surface area contributed by atoms with E-state index in [9.17, 15) is 4.79 Å². The molecule has 1 aromatic heterocycles. The first kappa shape index (κ1) is 16.5. The van der Waals surface area contributed by atoms with Crippen molar-refractivity contribution in [3.63, 3.8) is 0 Å². The Morgan fingerprint density at radius 3 is 2.55 bits per heavy atom. The molecule has 0 unspecified atom stereocenters. The van der Waals surface area contributed by atoms with E-state index in [0.717, 1.165) is 44.2 Å². The largest absolute Gasteiger partial charge is 0.357 e. The monoisotopic (exact) mass is 323 g/mol. The average molecular weight is 324 g/mol. The van der Waals surface area contributed by atoms with Gasteiger partial charge in [-0.1, -0.05) is 17.7 Å². The molecule has 1 fully saturated rings. The van der Waals surface area contributed by atoms with Crippen molar-refractivity contribution in [2.75, 3.05) is 32.7 Å². The quantitative estimate of drug-likeness (QED) is 0.518. The number of halogens is 1. The summed E-state index contributed by atoms with van der Waals surface area (Å²) in [5.41, 5.74) is 1.02. The summed E-state index contributed by atoms with van der Waals surface area (Å²) in [6.07, 6.45) is 1.74. The predicted molar refractivity (Wildman–Crippen MR) is 87.9 cm³/mol. The summed E-state index contributed by atoms with van der Waals surface area (Å²) in [6.45, 7) is 8.09. The first-order chi connectivity index (χ1) is 10.6. The molecule has 6 nitrogen and oxygen atoms in total. The zero-order valence-electron chi connectivity index (χ0n) is 13.0. The lowest BCUT2D eigenvalue weighted by Gasteiger charge is -2.36. The summed E-state index contributed by atoms with van der Waals surface area (Å²) in [5.74, 6) is 1.01. The number of amides is 1. The van der Waals surface area contributed by atoms with Gasteiger partial charge in [0.2, 0.25) is 5.91 Å². The summed E-state index contributed by atoms with van der Waals surface area (Å²) in [7, 11) is 0. The highest BCUT2D eigenvalue weighted by Crippen LogP contribution is 2.07. The van der Waals surface area contributed by atoms with Crippen LogP contribution in [0.3, 0.4) is 0 Å². The SMILES string of the molecule is CCNC(=NCc1ccc(Cl)nc1)N1CCN(C(C)=O)CC1. The van der Waals surface area contributed by atoms with Crippen LogP contribution in [-0.4, -0.2) is 59.4 Å². The topological polar surface area (TPSA) is 60.8 Å². The molecule has 1 saturated heterocycles. The Bertz CT molecular complexity index is 523. The first-order valence-electron chi connectivity index (χ1n) is 7.49. The van der Waals surface area contributed by atoms with Gasteiger partial charge < -0.3 is 15.1 Å². The first-order valence-corrected chi connectivity index (χ1v) is 7.87. The van der Waals surface area contributed by atoms with Crippen LogP contribution < -0.4 is 5.32 Å². The molecule has 120 valence electrons. The summed E-state index contributed by atoms with van der Waals surface area (Å²) in [4.78, 5) is 24.1. The van der Waals surface area contributed by atoms with Gasteiger partial charge in [0.1, 0.15) is 5.15 Å². The molecule has 7 heteroatoms. The summed E-state index contributed by atoms with van der Waals surface area (Å²) in [6, 6.07) is 3.70. The van der Waals surface area contributed by atoms with Crippen molar-refractivity contribution in [2.45, 2.75) is 20.4 Å². The van der Waals surface area contributed by atoms with Crippen LogP contribution in [0.15, 0.2) is 23.3 Å². The molecule has 2 heterocycles. The lowest BCUT2D eigenvalue weighted by molar-refractivity contribution is -0.130. The van der Waals surface area contributed by atoms with Gasteiger partial charge in [-0.25, -0.2) is 9.98 Å². The Labute approximate surface area is 136 Å². The van der Waals surface area contributed by atoms with E-state index in [1.54, 1.807) is 19.2 Å². The lowest BCUT2D eigenvalue weighted by Crippen LogP contribution is -2.53. The third kappa shape index (κ3) is 4.59. The van der Waals surface area contributed by atoms with Gasteiger partial charge in [0.05, 0.1) is 6.54 Å². The highest BCUT2D eigenvalue weighted by molar-refractivity contribution is 6.29. The molecule has 1 aliphatic rings. The molecular weight excluding hydrogens is 302 g/mol. The molecular formula is C15H22ClN5O. The molecule has 0 spiro atoms. The second-order valence-corrected chi connectivity index (χ2v) is 5.54. The van der Waals surface area contributed by atoms with Crippen LogP contribution in [0.5, 0.6) is 0 Å². The smallest absolute Gasteiger partial charge is 0.219 e. The van der Waals surface area contributed by atoms with Gasteiger partial charge >= 0.3 is 0 Å². The molecule has 0 atom stereocenters. The van der Waals surface area contributed by atoms with Crippen molar-refractivity contribution in [1.82, 2.24) is 20.1 Å². The second kappa shape index (κ2) is 7.98. The van der Waals surface area contributed by atoms with Crippen LogP contribution >= 0.6 is 11.6 Å². The van der Waals surface area contributed by atoms with E-state index in [4.69, 9.17) is 11.6 Å². The molecule has 0 saturated carbocycles. The number of carbonyl (C=O) groups is 1. The summed E-state index contributed by atoms with van der Waals surface area (Å²) < 4.78 is 0. The van der Waals surface area contributed by atoms with Crippen molar-refractivity contribution < 1.29 is 4.79 Å². The van der Waals surface area contributed by atoms with Gasteiger partial charge in [-0.05, 0) is 18.6 Å². The number of hydrogen-bond acceptors (Lipinski definition) is 3.